The largest absolute Gasteiger partial charge is 0.0773 e. The van der Waals surface area contributed by atoms with E-state index in [-0.39, 0.29) is 0 Å². The quantitative estimate of drug-likeness (QED) is 0.478. The highest BCUT2D eigenvalue weighted by atomic mass is 14.5. The van der Waals surface area contributed by atoms with Gasteiger partial charge in [0.25, 0.3) is 0 Å². The molecule has 0 heterocycles. The molecule has 0 heteroatoms. The molecule has 2 aliphatic rings. The molecule has 0 saturated heterocycles. The minimum Gasteiger partial charge on any atom is -0.0773 e. The van der Waals surface area contributed by atoms with E-state index in [9.17, 15) is 0 Å². The zero-order valence-electron chi connectivity index (χ0n) is 6.94. The fraction of sp³-hybridized carbons (Fsp3) is 0.600. The summed E-state index contributed by atoms with van der Waals surface area (Å²) in [5, 5.41) is 0. The van der Waals surface area contributed by atoms with Crippen LogP contribution in [-0.2, 0) is 0 Å². The van der Waals surface area contributed by atoms with Gasteiger partial charge in [-0.2, -0.15) is 0 Å². The van der Waals surface area contributed by atoms with E-state index in [0.29, 0.717) is 5.41 Å². The third-order valence-corrected chi connectivity index (χ3v) is 2.97. The van der Waals surface area contributed by atoms with Crippen molar-refractivity contribution in [2.24, 2.45) is 11.3 Å². The van der Waals surface area contributed by atoms with E-state index in [1.807, 2.05) is 0 Å². The van der Waals surface area contributed by atoms with Crippen molar-refractivity contribution in [1.29, 1.82) is 0 Å². The van der Waals surface area contributed by atoms with Gasteiger partial charge in [0.1, 0.15) is 0 Å². The van der Waals surface area contributed by atoms with Crippen molar-refractivity contribution in [3.63, 3.8) is 0 Å². The number of hydrogen-bond acceptors (Lipinski definition) is 0. The van der Waals surface area contributed by atoms with Crippen LogP contribution in [0.5, 0.6) is 0 Å². The molecule has 0 amide bonds. The van der Waals surface area contributed by atoms with Crippen molar-refractivity contribution in [3.05, 3.63) is 23.3 Å². The lowest BCUT2D eigenvalue weighted by atomic mass is 9.93. The topological polar surface area (TPSA) is 0 Å². The summed E-state index contributed by atoms with van der Waals surface area (Å²) >= 11 is 0. The predicted octanol–water partition coefficient (Wildman–Crippen LogP) is 2.92. The molecule has 1 saturated carbocycles. The molecule has 0 radical (unpaired) electrons. The predicted molar refractivity (Wildman–Crippen MR) is 43.7 cm³/mol. The van der Waals surface area contributed by atoms with Gasteiger partial charge in [0.15, 0.2) is 0 Å². The van der Waals surface area contributed by atoms with Crippen molar-refractivity contribution in [2.75, 3.05) is 0 Å². The van der Waals surface area contributed by atoms with Gasteiger partial charge in [-0.1, -0.05) is 30.2 Å². The van der Waals surface area contributed by atoms with Gasteiger partial charge in [0.05, 0.1) is 0 Å². The van der Waals surface area contributed by atoms with Crippen LogP contribution in [0, 0.1) is 11.3 Å². The molecule has 2 atom stereocenters. The first kappa shape index (κ1) is 6.21. The first-order valence-electron chi connectivity index (χ1n) is 4.00. The number of fused-ring (bicyclic) bond motifs is 1. The Hall–Kier alpha value is -0.520. The minimum absolute atomic E-state index is 0.559. The summed E-state index contributed by atoms with van der Waals surface area (Å²) in [6, 6.07) is 0. The second kappa shape index (κ2) is 1.55. The van der Waals surface area contributed by atoms with Gasteiger partial charge in [-0.3, -0.25) is 0 Å². The van der Waals surface area contributed by atoms with Crippen molar-refractivity contribution >= 4 is 0 Å². The van der Waals surface area contributed by atoms with Crippen LogP contribution in [0.3, 0.4) is 0 Å². The van der Waals surface area contributed by atoms with Crippen molar-refractivity contribution in [3.8, 4) is 0 Å². The molecule has 1 fully saturated rings. The molecule has 0 nitrogen and oxygen atoms in total. The smallest absolute Gasteiger partial charge is 0.00715 e. The Morgan fingerprint density at radius 2 is 2.10 bits per heavy atom. The molecule has 0 N–H and O–H groups in total. The summed E-state index contributed by atoms with van der Waals surface area (Å²) in [6.07, 6.45) is 6.24. The lowest BCUT2D eigenvalue weighted by molar-refractivity contribution is 0.678. The summed E-state index contributed by atoms with van der Waals surface area (Å²) < 4.78 is 0. The summed E-state index contributed by atoms with van der Waals surface area (Å²) in [7, 11) is 0. The second-order valence-corrected chi connectivity index (χ2v) is 3.99. The average Bonchev–Trinajstić information content (AvgIpc) is 2.41. The summed E-state index contributed by atoms with van der Waals surface area (Å²) in [5.74, 6) is 0.871. The van der Waals surface area contributed by atoms with Crippen LogP contribution in [0.2, 0.25) is 0 Å². The van der Waals surface area contributed by atoms with Crippen molar-refractivity contribution in [1.82, 2.24) is 0 Å². The van der Waals surface area contributed by atoms with Gasteiger partial charge in [0, 0.05) is 0 Å². The van der Waals surface area contributed by atoms with E-state index in [2.05, 4.69) is 32.9 Å². The third kappa shape index (κ3) is 0.681. The van der Waals surface area contributed by atoms with E-state index in [4.69, 9.17) is 0 Å². The molecule has 0 spiro atoms. The lowest BCUT2D eigenvalue weighted by Crippen LogP contribution is -1.99. The van der Waals surface area contributed by atoms with Gasteiger partial charge in [-0.25, -0.2) is 0 Å². The molecular weight excluding hydrogens is 120 g/mol. The summed E-state index contributed by atoms with van der Waals surface area (Å²) in [6.45, 7) is 6.78. The molecule has 0 bridgehead atoms. The van der Waals surface area contributed by atoms with Crippen LogP contribution in [0.25, 0.3) is 0 Å². The van der Waals surface area contributed by atoms with E-state index in [1.165, 1.54) is 17.6 Å². The van der Waals surface area contributed by atoms with E-state index in [1.54, 1.807) is 0 Å². The fourth-order valence-electron chi connectivity index (χ4n) is 1.87. The summed E-state index contributed by atoms with van der Waals surface area (Å²) in [5.41, 5.74) is 3.53. The second-order valence-electron chi connectivity index (χ2n) is 3.99. The Kier molecular flexibility index (Phi) is 0.964. The molecular formula is C10H14. The maximum Gasteiger partial charge on any atom is -0.00715 e. The zero-order chi connectivity index (χ0) is 7.35. The molecule has 0 aromatic carbocycles. The Balaban J connectivity index is 2.37. The van der Waals surface area contributed by atoms with Crippen LogP contribution in [0.15, 0.2) is 23.3 Å². The van der Waals surface area contributed by atoms with Crippen LogP contribution < -0.4 is 0 Å². The number of hydrogen-bond donors (Lipinski definition) is 0. The molecule has 2 unspecified atom stereocenters. The molecule has 0 aromatic heterocycles. The monoisotopic (exact) mass is 134 g/mol. The van der Waals surface area contributed by atoms with E-state index < -0.39 is 0 Å². The minimum atomic E-state index is 0.559. The fourth-order valence-corrected chi connectivity index (χ4v) is 1.87. The maximum absolute atomic E-state index is 2.44. The van der Waals surface area contributed by atoms with E-state index >= 15 is 0 Å². The summed E-state index contributed by atoms with van der Waals surface area (Å²) in [4.78, 5) is 0. The van der Waals surface area contributed by atoms with Gasteiger partial charge in [-0.05, 0) is 31.6 Å². The van der Waals surface area contributed by atoms with Gasteiger partial charge >= 0.3 is 0 Å². The standard InChI is InChI=1S/C10H14/c1-7-4-9-6-10(9,3)5-8(7)2/h4-5,9H,6H2,1-3H3. The van der Waals surface area contributed by atoms with Crippen LogP contribution in [-0.4, -0.2) is 0 Å². The Labute approximate surface area is 62.6 Å². The first-order valence-corrected chi connectivity index (χ1v) is 4.00. The highest BCUT2D eigenvalue weighted by molar-refractivity contribution is 5.39. The van der Waals surface area contributed by atoms with Crippen LogP contribution in [0.4, 0.5) is 0 Å². The number of rotatable bonds is 0. The average molecular weight is 134 g/mol. The van der Waals surface area contributed by atoms with Crippen LogP contribution >= 0.6 is 0 Å². The van der Waals surface area contributed by atoms with E-state index in [0.717, 1.165) is 5.92 Å². The molecule has 10 heavy (non-hydrogen) atoms. The van der Waals surface area contributed by atoms with Crippen molar-refractivity contribution < 1.29 is 0 Å². The van der Waals surface area contributed by atoms with Crippen LogP contribution in [0.1, 0.15) is 27.2 Å². The molecule has 54 valence electrons. The van der Waals surface area contributed by atoms with Gasteiger partial charge in [-0.15, -0.1) is 0 Å². The Bertz CT molecular complexity index is 232. The zero-order valence-corrected chi connectivity index (χ0v) is 6.94. The lowest BCUT2D eigenvalue weighted by Gasteiger charge is -2.12. The molecule has 2 rings (SSSR count). The third-order valence-electron chi connectivity index (χ3n) is 2.97. The van der Waals surface area contributed by atoms with Gasteiger partial charge in [0.2, 0.25) is 0 Å². The highest BCUT2D eigenvalue weighted by Gasteiger charge is 2.48. The maximum atomic E-state index is 2.44. The normalized spacial score (nSPS) is 43.7. The molecule has 0 aliphatic heterocycles. The molecule has 2 aliphatic carbocycles. The highest BCUT2D eigenvalue weighted by Crippen LogP contribution is 2.57. The first-order chi connectivity index (χ1) is 4.62. The number of allylic oxidation sites excluding steroid dienone is 4. The Morgan fingerprint density at radius 3 is 2.70 bits per heavy atom. The Morgan fingerprint density at radius 1 is 1.40 bits per heavy atom. The molecule has 0 aromatic rings. The van der Waals surface area contributed by atoms with Gasteiger partial charge < -0.3 is 0 Å². The SMILES string of the molecule is CC1=CC2CC2(C)C=C1C. The van der Waals surface area contributed by atoms with Crippen molar-refractivity contribution in [2.45, 2.75) is 27.2 Å².